The van der Waals surface area contributed by atoms with Crippen molar-refractivity contribution in [3.8, 4) is 0 Å². The molecule has 1 saturated heterocycles. The molecule has 3 atom stereocenters. The molecule has 1 amide bonds. The zero-order chi connectivity index (χ0) is 11.4. The lowest BCUT2D eigenvalue weighted by Gasteiger charge is -2.18. The van der Waals surface area contributed by atoms with Crippen LogP contribution in [0.25, 0.3) is 0 Å². The van der Waals surface area contributed by atoms with Crippen molar-refractivity contribution in [3.05, 3.63) is 0 Å². The Labute approximate surface area is 93.2 Å². The molecule has 3 unspecified atom stereocenters. The second kappa shape index (κ2) is 5.50. The van der Waals surface area contributed by atoms with Crippen LogP contribution < -0.4 is 5.32 Å². The van der Waals surface area contributed by atoms with Crippen LogP contribution in [0, 0.1) is 11.8 Å². The van der Waals surface area contributed by atoms with Crippen molar-refractivity contribution in [2.45, 2.75) is 40.2 Å². The predicted octanol–water partition coefficient (Wildman–Crippen LogP) is 1.49. The Balaban J connectivity index is 2.29. The topological polar surface area (TPSA) is 32.3 Å². The molecule has 1 fully saturated rings. The third kappa shape index (κ3) is 3.49. The number of rotatable bonds is 4. The number of carbonyl (C=O) groups excluding carboxylic acids is 1. The molecular weight excluding hydrogens is 188 g/mol. The highest BCUT2D eigenvalue weighted by molar-refractivity contribution is 5.78. The maximum Gasteiger partial charge on any atom is 0.236 e. The maximum atomic E-state index is 11.8. The van der Waals surface area contributed by atoms with Gasteiger partial charge in [-0.15, -0.1) is 0 Å². The number of nitrogens with one attached hydrogen (secondary N) is 1. The normalized spacial score (nSPS) is 28.1. The smallest absolute Gasteiger partial charge is 0.236 e. The van der Waals surface area contributed by atoms with Gasteiger partial charge in [0.2, 0.25) is 5.91 Å². The van der Waals surface area contributed by atoms with E-state index < -0.39 is 0 Å². The summed E-state index contributed by atoms with van der Waals surface area (Å²) < 4.78 is 0. The monoisotopic (exact) mass is 212 g/mol. The highest BCUT2D eigenvalue weighted by Crippen LogP contribution is 2.21. The molecule has 0 spiro atoms. The van der Waals surface area contributed by atoms with Gasteiger partial charge in [0.05, 0.1) is 6.54 Å². The molecule has 0 aromatic heterocycles. The minimum Gasteiger partial charge on any atom is -0.341 e. The van der Waals surface area contributed by atoms with Crippen LogP contribution in [0.15, 0.2) is 0 Å². The molecule has 15 heavy (non-hydrogen) atoms. The van der Waals surface area contributed by atoms with Crippen LogP contribution in [0.3, 0.4) is 0 Å². The van der Waals surface area contributed by atoms with Crippen LogP contribution in [0.5, 0.6) is 0 Å². The molecule has 0 aliphatic carbocycles. The molecule has 1 heterocycles. The average Bonchev–Trinajstić information content (AvgIpc) is 2.55. The Kier molecular flexibility index (Phi) is 4.58. The fraction of sp³-hybridized carbons (Fsp3) is 0.917. The second-order valence-corrected chi connectivity index (χ2v) is 4.94. The zero-order valence-electron chi connectivity index (χ0n) is 10.4. The number of amides is 1. The van der Waals surface area contributed by atoms with E-state index in [2.05, 4.69) is 33.0 Å². The van der Waals surface area contributed by atoms with Crippen molar-refractivity contribution in [2.75, 3.05) is 19.6 Å². The van der Waals surface area contributed by atoms with Gasteiger partial charge in [-0.1, -0.05) is 20.8 Å². The highest BCUT2D eigenvalue weighted by Gasteiger charge is 2.28. The predicted molar refractivity (Wildman–Crippen MR) is 62.7 cm³/mol. The van der Waals surface area contributed by atoms with Gasteiger partial charge < -0.3 is 10.2 Å². The van der Waals surface area contributed by atoms with Crippen LogP contribution >= 0.6 is 0 Å². The van der Waals surface area contributed by atoms with Gasteiger partial charge >= 0.3 is 0 Å². The first-order valence-electron chi connectivity index (χ1n) is 6.05. The summed E-state index contributed by atoms with van der Waals surface area (Å²) in [5.74, 6) is 1.56. The SMILES string of the molecule is CCC(C)NCC(=O)N1CC(C)C(C)C1. The van der Waals surface area contributed by atoms with E-state index in [1.165, 1.54) is 0 Å². The van der Waals surface area contributed by atoms with Gasteiger partial charge in [0, 0.05) is 19.1 Å². The van der Waals surface area contributed by atoms with Gasteiger partial charge in [-0.25, -0.2) is 0 Å². The molecule has 3 heteroatoms. The molecule has 0 aromatic carbocycles. The minimum absolute atomic E-state index is 0.256. The Hall–Kier alpha value is -0.570. The summed E-state index contributed by atoms with van der Waals surface area (Å²) in [6.07, 6.45) is 1.07. The van der Waals surface area contributed by atoms with Gasteiger partial charge in [0.25, 0.3) is 0 Å². The Bertz CT molecular complexity index is 208. The highest BCUT2D eigenvalue weighted by atomic mass is 16.2. The maximum absolute atomic E-state index is 11.8. The molecule has 88 valence electrons. The van der Waals surface area contributed by atoms with Gasteiger partial charge in [0.1, 0.15) is 0 Å². The summed E-state index contributed by atoms with van der Waals surface area (Å²) in [7, 11) is 0. The molecule has 0 bridgehead atoms. The largest absolute Gasteiger partial charge is 0.341 e. The fourth-order valence-electron chi connectivity index (χ4n) is 1.85. The van der Waals surface area contributed by atoms with Crippen molar-refractivity contribution in [2.24, 2.45) is 11.8 Å². The number of hydrogen-bond donors (Lipinski definition) is 1. The fourth-order valence-corrected chi connectivity index (χ4v) is 1.85. The number of hydrogen-bond acceptors (Lipinski definition) is 2. The molecule has 0 aromatic rings. The second-order valence-electron chi connectivity index (χ2n) is 4.94. The lowest BCUT2D eigenvalue weighted by Crippen LogP contribution is -2.39. The molecule has 0 radical (unpaired) electrons. The van der Waals surface area contributed by atoms with E-state index in [0.29, 0.717) is 24.4 Å². The van der Waals surface area contributed by atoms with Crippen molar-refractivity contribution >= 4 is 5.91 Å². The molecule has 3 nitrogen and oxygen atoms in total. The van der Waals surface area contributed by atoms with E-state index in [-0.39, 0.29) is 5.91 Å². The van der Waals surface area contributed by atoms with Crippen LogP contribution in [-0.2, 0) is 4.79 Å². The lowest BCUT2D eigenvalue weighted by atomic mass is 10.0. The molecule has 1 N–H and O–H groups in total. The Morgan fingerprint density at radius 3 is 2.40 bits per heavy atom. The van der Waals surface area contributed by atoms with E-state index >= 15 is 0 Å². The van der Waals surface area contributed by atoms with E-state index in [1.54, 1.807) is 0 Å². The van der Waals surface area contributed by atoms with Crippen LogP contribution in [0.4, 0.5) is 0 Å². The molecule has 1 rings (SSSR count). The van der Waals surface area contributed by atoms with Crippen molar-refractivity contribution < 1.29 is 4.79 Å². The van der Waals surface area contributed by atoms with E-state index in [9.17, 15) is 4.79 Å². The van der Waals surface area contributed by atoms with Crippen LogP contribution in [-0.4, -0.2) is 36.5 Å². The molecule has 0 saturated carbocycles. The quantitative estimate of drug-likeness (QED) is 0.765. The number of likely N-dealkylation sites (tertiary alicyclic amines) is 1. The van der Waals surface area contributed by atoms with Crippen molar-refractivity contribution in [1.82, 2.24) is 10.2 Å². The van der Waals surface area contributed by atoms with Crippen LogP contribution in [0.1, 0.15) is 34.1 Å². The van der Waals surface area contributed by atoms with E-state index in [1.807, 2.05) is 4.90 Å². The van der Waals surface area contributed by atoms with E-state index in [4.69, 9.17) is 0 Å². The summed E-state index contributed by atoms with van der Waals surface area (Å²) in [6.45, 7) is 11.0. The standard InChI is InChI=1S/C12H24N2O/c1-5-11(4)13-6-12(15)14-7-9(2)10(3)8-14/h9-11,13H,5-8H2,1-4H3. The zero-order valence-corrected chi connectivity index (χ0v) is 10.4. The first-order chi connectivity index (χ1) is 7.04. The summed E-state index contributed by atoms with van der Waals surface area (Å²) >= 11 is 0. The third-order valence-electron chi connectivity index (χ3n) is 3.55. The van der Waals surface area contributed by atoms with E-state index in [0.717, 1.165) is 19.5 Å². The van der Waals surface area contributed by atoms with Gasteiger partial charge in [-0.3, -0.25) is 4.79 Å². The average molecular weight is 212 g/mol. The first kappa shape index (κ1) is 12.5. The molecule has 1 aliphatic heterocycles. The summed E-state index contributed by atoms with van der Waals surface area (Å²) in [6, 6.07) is 0.436. The van der Waals surface area contributed by atoms with Crippen molar-refractivity contribution in [1.29, 1.82) is 0 Å². The van der Waals surface area contributed by atoms with Crippen LogP contribution in [0.2, 0.25) is 0 Å². The Morgan fingerprint density at radius 1 is 1.40 bits per heavy atom. The van der Waals surface area contributed by atoms with Crippen molar-refractivity contribution in [3.63, 3.8) is 0 Å². The molecule has 1 aliphatic rings. The van der Waals surface area contributed by atoms with Gasteiger partial charge in [0.15, 0.2) is 0 Å². The number of nitrogens with zero attached hydrogens (tertiary/aromatic N) is 1. The lowest BCUT2D eigenvalue weighted by molar-refractivity contribution is -0.129. The third-order valence-corrected chi connectivity index (χ3v) is 3.55. The summed E-state index contributed by atoms with van der Waals surface area (Å²) in [5.41, 5.74) is 0. The van der Waals surface area contributed by atoms with Gasteiger partial charge in [-0.05, 0) is 25.2 Å². The molecular formula is C12H24N2O. The number of carbonyl (C=O) groups is 1. The summed E-state index contributed by atoms with van der Waals surface area (Å²) in [4.78, 5) is 13.8. The van der Waals surface area contributed by atoms with Gasteiger partial charge in [-0.2, -0.15) is 0 Å². The summed E-state index contributed by atoms with van der Waals surface area (Å²) in [5, 5.41) is 3.25. The first-order valence-corrected chi connectivity index (χ1v) is 6.05. The Morgan fingerprint density at radius 2 is 1.93 bits per heavy atom. The minimum atomic E-state index is 0.256.